The fourth-order valence-corrected chi connectivity index (χ4v) is 2.16. The highest BCUT2D eigenvalue weighted by atomic mass is 19.4. The van der Waals surface area contributed by atoms with E-state index in [0.29, 0.717) is 11.4 Å². The molecule has 0 aromatic heterocycles. The van der Waals surface area contributed by atoms with E-state index >= 15 is 0 Å². The van der Waals surface area contributed by atoms with E-state index in [2.05, 4.69) is 11.2 Å². The van der Waals surface area contributed by atoms with Gasteiger partial charge in [-0.3, -0.25) is 0 Å². The number of anilines is 1. The van der Waals surface area contributed by atoms with Crippen LogP contribution in [0.25, 0.3) is 0 Å². The van der Waals surface area contributed by atoms with Gasteiger partial charge in [0.15, 0.2) is 5.60 Å². The van der Waals surface area contributed by atoms with Crippen molar-refractivity contribution < 1.29 is 27.8 Å². The number of alkyl halides is 3. The number of nitrogens with zero attached hydrogens (tertiary/aromatic N) is 1. The molecular formula is C15H15F3N2O3. The lowest BCUT2D eigenvalue weighted by Gasteiger charge is -2.25. The van der Waals surface area contributed by atoms with E-state index in [1.54, 1.807) is 12.1 Å². The summed E-state index contributed by atoms with van der Waals surface area (Å²) in [6.45, 7) is -0.855. The first-order chi connectivity index (χ1) is 10.7. The van der Waals surface area contributed by atoms with Gasteiger partial charge >= 0.3 is 12.2 Å². The molecular weight excluding hydrogens is 313 g/mol. The van der Waals surface area contributed by atoms with Gasteiger partial charge in [0.1, 0.15) is 12.4 Å². The molecule has 0 spiro atoms. The third-order valence-electron chi connectivity index (χ3n) is 3.49. The molecule has 5 nitrogen and oxygen atoms in total. The number of hydrogen-bond acceptors (Lipinski definition) is 3. The average molecular weight is 328 g/mol. The molecule has 0 radical (unpaired) electrons. The van der Waals surface area contributed by atoms with E-state index < -0.39 is 30.8 Å². The number of carbonyl (C=O) groups excluding carboxylic acids is 1. The molecule has 1 saturated heterocycles. The molecule has 2 N–H and O–H groups in total. The predicted molar refractivity (Wildman–Crippen MR) is 77.0 cm³/mol. The third-order valence-corrected chi connectivity index (χ3v) is 3.49. The van der Waals surface area contributed by atoms with Gasteiger partial charge in [0.05, 0.1) is 6.54 Å². The fraction of sp³-hybridized carbons (Fsp3) is 0.400. The van der Waals surface area contributed by atoms with E-state index in [4.69, 9.17) is 11.2 Å². The van der Waals surface area contributed by atoms with Gasteiger partial charge in [-0.25, -0.2) is 4.79 Å². The summed E-state index contributed by atoms with van der Waals surface area (Å²) in [5, 5.41) is 12.0. The average Bonchev–Trinajstić information content (AvgIpc) is 2.90. The van der Waals surface area contributed by atoms with Crippen molar-refractivity contribution in [2.24, 2.45) is 0 Å². The highest BCUT2D eigenvalue weighted by molar-refractivity contribution is 5.89. The summed E-state index contributed by atoms with van der Waals surface area (Å²) in [4.78, 5) is 12.9. The van der Waals surface area contributed by atoms with Crippen LogP contribution in [0.5, 0.6) is 5.75 Å². The number of β-amino-alcohol motifs (C(OH)–C–C–N with tert-alkyl or cyclic N) is 1. The second-order valence-corrected chi connectivity index (χ2v) is 5.15. The minimum atomic E-state index is -4.77. The summed E-state index contributed by atoms with van der Waals surface area (Å²) in [6, 6.07) is 5.51. The molecule has 2 rings (SSSR count). The van der Waals surface area contributed by atoms with Gasteiger partial charge in [-0.05, 0) is 24.3 Å². The summed E-state index contributed by atoms with van der Waals surface area (Å²) in [6.07, 6.45) is -0.248. The highest BCUT2D eigenvalue weighted by Crippen LogP contribution is 2.37. The van der Waals surface area contributed by atoms with Crippen LogP contribution in [0, 0.1) is 12.3 Å². The molecule has 1 aliphatic heterocycles. The minimum Gasteiger partial charge on any atom is -0.481 e. The van der Waals surface area contributed by atoms with Crippen molar-refractivity contribution in [3.63, 3.8) is 0 Å². The molecule has 23 heavy (non-hydrogen) atoms. The molecule has 1 fully saturated rings. The van der Waals surface area contributed by atoms with E-state index in [9.17, 15) is 23.1 Å². The summed E-state index contributed by atoms with van der Waals surface area (Å²) in [5.74, 6) is 2.81. The van der Waals surface area contributed by atoms with Gasteiger partial charge in [-0.1, -0.05) is 5.92 Å². The molecule has 1 aromatic carbocycles. The lowest BCUT2D eigenvalue weighted by atomic mass is 10.0. The maximum Gasteiger partial charge on any atom is 0.419 e. The number of nitrogens with one attached hydrogen (secondary N) is 1. The van der Waals surface area contributed by atoms with Crippen molar-refractivity contribution in [3.8, 4) is 18.1 Å². The van der Waals surface area contributed by atoms with E-state index in [0.717, 1.165) is 4.90 Å². The van der Waals surface area contributed by atoms with Gasteiger partial charge < -0.3 is 20.1 Å². The number of hydrogen-bond donors (Lipinski definition) is 2. The number of likely N-dealkylation sites (tertiary alicyclic amines) is 1. The molecule has 8 heteroatoms. The Hall–Kier alpha value is -2.40. The Balaban J connectivity index is 1.94. The molecule has 2 amide bonds. The number of amides is 2. The second kappa shape index (κ2) is 6.38. The van der Waals surface area contributed by atoms with Crippen LogP contribution in [0.1, 0.15) is 6.42 Å². The van der Waals surface area contributed by atoms with Gasteiger partial charge in [0.2, 0.25) is 0 Å². The van der Waals surface area contributed by atoms with Crippen LogP contribution in [0.15, 0.2) is 24.3 Å². The standard InChI is InChI=1S/C15H15F3N2O3/c1-2-9-23-12-5-3-11(4-6-12)19-13(21)20-8-7-14(22,10-20)15(16,17)18/h1,3-6,22H,7-10H2,(H,19,21)/t14-/m1/s1. The molecule has 1 aromatic rings. The van der Waals surface area contributed by atoms with Crippen molar-refractivity contribution in [2.75, 3.05) is 25.0 Å². The van der Waals surface area contributed by atoms with Crippen LogP contribution in [-0.2, 0) is 0 Å². The molecule has 0 saturated carbocycles. The zero-order valence-electron chi connectivity index (χ0n) is 12.1. The minimum absolute atomic E-state index is 0.107. The number of ether oxygens (including phenoxy) is 1. The topological polar surface area (TPSA) is 61.8 Å². The molecule has 1 aliphatic rings. The van der Waals surface area contributed by atoms with Crippen molar-refractivity contribution in [1.82, 2.24) is 4.90 Å². The van der Waals surface area contributed by atoms with Crippen LogP contribution in [-0.4, -0.2) is 47.5 Å². The van der Waals surface area contributed by atoms with Crippen LogP contribution < -0.4 is 10.1 Å². The monoisotopic (exact) mass is 328 g/mol. The van der Waals surface area contributed by atoms with E-state index in [-0.39, 0.29) is 13.2 Å². The maximum atomic E-state index is 12.7. The predicted octanol–water partition coefficient (Wildman–Crippen LogP) is 2.23. The largest absolute Gasteiger partial charge is 0.481 e. The summed E-state index contributed by atoms with van der Waals surface area (Å²) in [7, 11) is 0. The number of rotatable bonds is 3. The first kappa shape index (κ1) is 17.0. The number of aliphatic hydroxyl groups is 1. The molecule has 0 bridgehead atoms. The molecule has 124 valence electrons. The molecule has 1 heterocycles. The summed E-state index contributed by atoms with van der Waals surface area (Å²) >= 11 is 0. The number of halogens is 3. The van der Waals surface area contributed by atoms with Crippen LogP contribution >= 0.6 is 0 Å². The normalized spacial score (nSPS) is 20.9. The highest BCUT2D eigenvalue weighted by Gasteiger charge is 2.57. The van der Waals surface area contributed by atoms with Gasteiger partial charge in [0.25, 0.3) is 0 Å². The van der Waals surface area contributed by atoms with Crippen molar-refractivity contribution in [2.45, 2.75) is 18.2 Å². The Bertz CT molecular complexity index is 610. The smallest absolute Gasteiger partial charge is 0.419 e. The van der Waals surface area contributed by atoms with Gasteiger partial charge in [-0.15, -0.1) is 6.42 Å². The van der Waals surface area contributed by atoms with Gasteiger partial charge in [0, 0.05) is 18.7 Å². The second-order valence-electron chi connectivity index (χ2n) is 5.15. The SMILES string of the molecule is C#CCOc1ccc(NC(=O)N2CC[C@](O)(C(F)(F)F)C2)cc1. The van der Waals surface area contributed by atoms with Crippen molar-refractivity contribution in [3.05, 3.63) is 24.3 Å². The lowest BCUT2D eigenvalue weighted by molar-refractivity contribution is -0.253. The summed E-state index contributed by atoms with van der Waals surface area (Å²) in [5.41, 5.74) is -2.46. The maximum absolute atomic E-state index is 12.7. The Morgan fingerprint density at radius 2 is 2.09 bits per heavy atom. The van der Waals surface area contributed by atoms with Crippen LogP contribution in [0.3, 0.4) is 0 Å². The quantitative estimate of drug-likeness (QED) is 0.837. The number of terminal acetylenes is 1. The number of urea groups is 1. The lowest BCUT2D eigenvalue weighted by Crippen LogP contribution is -2.48. The Kier molecular flexibility index (Phi) is 4.71. The summed E-state index contributed by atoms with van der Waals surface area (Å²) < 4.78 is 43.3. The first-order valence-corrected chi connectivity index (χ1v) is 6.76. The fourth-order valence-electron chi connectivity index (χ4n) is 2.16. The Labute approximate surface area is 131 Å². The number of carbonyl (C=O) groups is 1. The van der Waals surface area contributed by atoms with Crippen LogP contribution in [0.4, 0.5) is 23.7 Å². The van der Waals surface area contributed by atoms with Gasteiger partial charge in [-0.2, -0.15) is 13.2 Å². The Morgan fingerprint density at radius 3 is 2.61 bits per heavy atom. The molecule has 0 unspecified atom stereocenters. The Morgan fingerprint density at radius 1 is 1.43 bits per heavy atom. The zero-order chi connectivity index (χ0) is 17.1. The van der Waals surface area contributed by atoms with E-state index in [1.165, 1.54) is 12.1 Å². The molecule has 1 atom stereocenters. The van der Waals surface area contributed by atoms with E-state index in [1.807, 2.05) is 0 Å². The van der Waals surface area contributed by atoms with Crippen molar-refractivity contribution in [1.29, 1.82) is 0 Å². The first-order valence-electron chi connectivity index (χ1n) is 6.76. The number of benzene rings is 1. The third kappa shape index (κ3) is 3.87. The van der Waals surface area contributed by atoms with Crippen LogP contribution in [0.2, 0.25) is 0 Å². The zero-order valence-corrected chi connectivity index (χ0v) is 12.1. The van der Waals surface area contributed by atoms with Crippen molar-refractivity contribution >= 4 is 11.7 Å². The molecule has 0 aliphatic carbocycles.